The van der Waals surface area contributed by atoms with E-state index in [1.54, 1.807) is 6.07 Å². The first-order valence-corrected chi connectivity index (χ1v) is 12.6. The lowest BCUT2D eigenvalue weighted by Gasteiger charge is -2.49. The van der Waals surface area contributed by atoms with E-state index < -0.39 is 17.7 Å². The topological polar surface area (TPSA) is 54.0 Å². The number of nitrogens with one attached hydrogen (secondary N) is 1. The highest BCUT2D eigenvalue weighted by molar-refractivity contribution is 5.82. The molecule has 2 saturated heterocycles. The van der Waals surface area contributed by atoms with Gasteiger partial charge in [-0.15, -0.1) is 0 Å². The molecule has 0 radical (unpaired) electrons. The molecule has 2 aromatic carbocycles. The fraction of sp³-hybridized carbons (Fsp3) is 0.519. The summed E-state index contributed by atoms with van der Waals surface area (Å²) >= 11 is 0. The largest absolute Gasteiger partial charge is 0.492 e. The molecule has 3 atom stereocenters. The van der Waals surface area contributed by atoms with E-state index in [0.29, 0.717) is 45.0 Å². The zero-order chi connectivity index (χ0) is 25.1. The van der Waals surface area contributed by atoms with E-state index in [2.05, 4.69) is 15.1 Å². The van der Waals surface area contributed by atoms with E-state index >= 15 is 0 Å². The number of hydrogen-bond acceptors (Lipinski definition) is 5. The molecule has 2 fully saturated rings. The zero-order valence-electron chi connectivity index (χ0n) is 20.2. The van der Waals surface area contributed by atoms with Crippen molar-refractivity contribution < 1.29 is 27.4 Å². The van der Waals surface area contributed by atoms with E-state index in [4.69, 9.17) is 9.47 Å². The van der Waals surface area contributed by atoms with Crippen LogP contribution < -0.4 is 15.0 Å². The van der Waals surface area contributed by atoms with Crippen LogP contribution in [0.15, 0.2) is 48.5 Å². The highest BCUT2D eigenvalue weighted by Gasteiger charge is 2.42. The molecular formula is C27H32F3N3O3. The lowest BCUT2D eigenvalue weighted by molar-refractivity contribution is -0.137. The Kier molecular flexibility index (Phi) is 7.39. The van der Waals surface area contributed by atoms with Crippen molar-refractivity contribution in [3.05, 3.63) is 59.7 Å². The number of ether oxygens (including phenoxy) is 2. The average Bonchev–Trinajstić information content (AvgIpc) is 3.40. The van der Waals surface area contributed by atoms with Crippen LogP contribution in [0.4, 0.5) is 18.9 Å². The first kappa shape index (κ1) is 24.9. The van der Waals surface area contributed by atoms with Gasteiger partial charge in [-0.1, -0.05) is 18.2 Å². The summed E-state index contributed by atoms with van der Waals surface area (Å²) in [7, 11) is 0. The van der Waals surface area contributed by atoms with Crippen LogP contribution in [0.25, 0.3) is 0 Å². The van der Waals surface area contributed by atoms with Gasteiger partial charge in [-0.25, -0.2) is 0 Å². The molecule has 0 saturated carbocycles. The number of fused-ring (bicyclic) bond motifs is 3. The number of alkyl halides is 3. The molecule has 5 rings (SSSR count). The molecule has 0 spiro atoms. The lowest BCUT2D eigenvalue weighted by Crippen LogP contribution is -2.61. The second kappa shape index (κ2) is 10.7. The normalized spacial score (nSPS) is 24.2. The summed E-state index contributed by atoms with van der Waals surface area (Å²) in [6.07, 6.45) is -2.23. The van der Waals surface area contributed by atoms with Crippen LogP contribution >= 0.6 is 0 Å². The van der Waals surface area contributed by atoms with Crippen molar-refractivity contribution in [1.29, 1.82) is 0 Å². The lowest BCUT2D eigenvalue weighted by atomic mass is 9.82. The SMILES string of the molecule is O=C(NCC1CCCO1)C1Cc2cc(C(F)(F)F)ccc2N2CCN(CCOc3ccccc3)CC12. The van der Waals surface area contributed by atoms with Crippen molar-refractivity contribution in [1.82, 2.24) is 10.2 Å². The second-order valence-corrected chi connectivity index (χ2v) is 9.75. The van der Waals surface area contributed by atoms with Crippen molar-refractivity contribution in [2.24, 2.45) is 5.92 Å². The molecule has 1 N–H and O–H groups in total. The van der Waals surface area contributed by atoms with Crippen molar-refractivity contribution in [3.8, 4) is 5.75 Å². The Bertz CT molecular complexity index is 1040. The number of halogens is 3. The summed E-state index contributed by atoms with van der Waals surface area (Å²) in [5.41, 5.74) is 0.713. The van der Waals surface area contributed by atoms with E-state index in [9.17, 15) is 18.0 Å². The van der Waals surface area contributed by atoms with Crippen molar-refractivity contribution >= 4 is 11.6 Å². The van der Waals surface area contributed by atoms with Crippen LogP contribution in [0, 0.1) is 5.92 Å². The molecular weight excluding hydrogens is 471 g/mol. The van der Waals surface area contributed by atoms with E-state index in [0.717, 1.165) is 36.9 Å². The minimum Gasteiger partial charge on any atom is -0.492 e. The summed E-state index contributed by atoms with van der Waals surface area (Å²) in [6, 6.07) is 13.4. The predicted molar refractivity (Wildman–Crippen MR) is 130 cm³/mol. The molecule has 194 valence electrons. The first-order chi connectivity index (χ1) is 17.4. The van der Waals surface area contributed by atoms with Crippen molar-refractivity contribution in [3.63, 3.8) is 0 Å². The van der Waals surface area contributed by atoms with Gasteiger partial charge in [0.15, 0.2) is 0 Å². The molecule has 3 unspecified atom stereocenters. The summed E-state index contributed by atoms with van der Waals surface area (Å²) in [5.74, 6) is 0.251. The maximum absolute atomic E-state index is 13.4. The molecule has 3 aliphatic rings. The molecule has 1 amide bonds. The first-order valence-electron chi connectivity index (χ1n) is 12.6. The van der Waals surface area contributed by atoms with Crippen molar-refractivity contribution in [2.45, 2.75) is 37.6 Å². The van der Waals surface area contributed by atoms with E-state index in [-0.39, 0.29) is 24.5 Å². The number of carbonyl (C=O) groups excluding carboxylic acids is 1. The van der Waals surface area contributed by atoms with Crippen LogP contribution in [0.2, 0.25) is 0 Å². The summed E-state index contributed by atoms with van der Waals surface area (Å²) in [6.45, 7) is 4.42. The fourth-order valence-corrected chi connectivity index (χ4v) is 5.52. The number of piperazine rings is 1. The molecule has 2 aromatic rings. The van der Waals surface area contributed by atoms with Crippen LogP contribution in [-0.4, -0.2) is 68.9 Å². The fourth-order valence-electron chi connectivity index (χ4n) is 5.52. The molecule has 3 heterocycles. The molecule has 0 aromatic heterocycles. The maximum Gasteiger partial charge on any atom is 0.416 e. The van der Waals surface area contributed by atoms with Crippen LogP contribution in [0.3, 0.4) is 0 Å². The smallest absolute Gasteiger partial charge is 0.416 e. The third-order valence-corrected chi connectivity index (χ3v) is 7.41. The Balaban J connectivity index is 1.31. The zero-order valence-corrected chi connectivity index (χ0v) is 20.2. The number of benzene rings is 2. The Morgan fingerprint density at radius 3 is 2.72 bits per heavy atom. The average molecular weight is 504 g/mol. The minimum atomic E-state index is -4.42. The quantitative estimate of drug-likeness (QED) is 0.624. The van der Waals surface area contributed by atoms with Crippen LogP contribution in [-0.2, 0) is 22.1 Å². The van der Waals surface area contributed by atoms with Gasteiger partial charge in [-0.3, -0.25) is 9.69 Å². The van der Waals surface area contributed by atoms with Gasteiger partial charge in [0.25, 0.3) is 0 Å². The predicted octanol–water partition coefficient (Wildman–Crippen LogP) is 3.74. The molecule has 9 heteroatoms. The number of para-hydroxylation sites is 1. The number of rotatable bonds is 7. The van der Waals surface area contributed by atoms with Gasteiger partial charge in [0, 0.05) is 45.0 Å². The van der Waals surface area contributed by atoms with Crippen molar-refractivity contribution in [2.75, 3.05) is 50.8 Å². The highest BCUT2D eigenvalue weighted by atomic mass is 19.4. The Hall–Kier alpha value is -2.78. The molecule has 3 aliphatic heterocycles. The van der Waals surface area contributed by atoms with E-state index in [1.165, 1.54) is 6.07 Å². The number of carbonyl (C=O) groups is 1. The number of nitrogens with zero attached hydrogens (tertiary/aromatic N) is 2. The van der Waals surface area contributed by atoms with E-state index in [1.807, 2.05) is 30.3 Å². The van der Waals surface area contributed by atoms with Gasteiger partial charge < -0.3 is 19.7 Å². The number of anilines is 1. The summed E-state index contributed by atoms with van der Waals surface area (Å²) < 4.78 is 51.7. The number of amides is 1. The molecule has 6 nitrogen and oxygen atoms in total. The molecule has 0 aliphatic carbocycles. The highest BCUT2D eigenvalue weighted by Crippen LogP contribution is 2.39. The third-order valence-electron chi connectivity index (χ3n) is 7.41. The second-order valence-electron chi connectivity index (χ2n) is 9.75. The summed E-state index contributed by atoms with van der Waals surface area (Å²) in [5, 5.41) is 3.03. The third kappa shape index (κ3) is 5.62. The minimum absolute atomic E-state index is 0.00996. The molecule has 0 bridgehead atoms. The van der Waals surface area contributed by atoms with Crippen LogP contribution in [0.1, 0.15) is 24.0 Å². The van der Waals surface area contributed by atoms with Gasteiger partial charge in [0.2, 0.25) is 5.91 Å². The van der Waals surface area contributed by atoms with Gasteiger partial charge >= 0.3 is 6.18 Å². The molecule has 36 heavy (non-hydrogen) atoms. The van der Waals surface area contributed by atoms with Gasteiger partial charge in [0.1, 0.15) is 12.4 Å². The Labute approximate surface area is 209 Å². The van der Waals surface area contributed by atoms with Gasteiger partial charge in [0.05, 0.1) is 23.6 Å². The Morgan fingerprint density at radius 1 is 1.14 bits per heavy atom. The number of hydrogen-bond donors (Lipinski definition) is 1. The monoisotopic (exact) mass is 503 g/mol. The van der Waals surface area contributed by atoms with Gasteiger partial charge in [-0.2, -0.15) is 13.2 Å². The Morgan fingerprint density at radius 2 is 1.97 bits per heavy atom. The maximum atomic E-state index is 13.4. The van der Waals surface area contributed by atoms with Gasteiger partial charge in [-0.05, 0) is 55.2 Å². The summed E-state index contributed by atoms with van der Waals surface area (Å²) in [4.78, 5) is 17.8. The standard InChI is InChI=1S/C27H32F3N3O3/c28-27(29,30)20-8-9-24-19(15-20)16-23(26(34)31-17-22-7-4-13-35-22)25-18-32(10-11-33(24)25)12-14-36-21-5-2-1-3-6-21/h1-3,5-6,8-9,15,22-23,25H,4,7,10-14,16-18H2,(H,31,34). The van der Waals surface area contributed by atoms with Crippen LogP contribution in [0.5, 0.6) is 5.75 Å².